The van der Waals surface area contributed by atoms with Gasteiger partial charge in [0.15, 0.2) is 5.69 Å². The lowest BCUT2D eigenvalue weighted by Crippen LogP contribution is -2.25. The fourth-order valence-corrected chi connectivity index (χ4v) is 2.93. The van der Waals surface area contributed by atoms with Crippen LogP contribution in [0.1, 0.15) is 36.3 Å². The van der Waals surface area contributed by atoms with Gasteiger partial charge >= 0.3 is 6.18 Å². The summed E-state index contributed by atoms with van der Waals surface area (Å²) in [7, 11) is 0. The molecule has 0 fully saturated rings. The van der Waals surface area contributed by atoms with E-state index in [0.717, 1.165) is 19.6 Å². The first-order chi connectivity index (χ1) is 9.42. The minimum absolute atomic E-state index is 0.230. The Balaban J connectivity index is 2.80. The molecule has 0 saturated heterocycles. The molecule has 0 aliphatic heterocycles. The van der Waals surface area contributed by atoms with Gasteiger partial charge in [0.2, 0.25) is 0 Å². The molecule has 116 valence electrons. The van der Waals surface area contributed by atoms with E-state index in [1.165, 1.54) is 11.3 Å². The molecule has 3 nitrogen and oxygen atoms in total. The highest BCUT2D eigenvalue weighted by Gasteiger charge is 2.37. The zero-order chi connectivity index (χ0) is 15.2. The first kappa shape index (κ1) is 17.4. The van der Waals surface area contributed by atoms with Crippen LogP contribution in [-0.2, 0) is 19.1 Å². The first-order valence-corrected chi connectivity index (χ1v) is 7.72. The maximum Gasteiger partial charge on any atom is 0.434 e. The van der Waals surface area contributed by atoms with E-state index in [2.05, 4.69) is 15.2 Å². The second-order valence-electron chi connectivity index (χ2n) is 4.43. The largest absolute Gasteiger partial charge is 0.434 e. The van der Waals surface area contributed by atoms with Crippen molar-refractivity contribution in [1.82, 2.24) is 15.2 Å². The van der Waals surface area contributed by atoms with Gasteiger partial charge < -0.3 is 10.2 Å². The van der Waals surface area contributed by atoms with Gasteiger partial charge in [0.1, 0.15) is 0 Å². The Bertz CT molecular complexity index is 400. The smallest absolute Gasteiger partial charge is 0.312 e. The third kappa shape index (κ3) is 5.03. The lowest BCUT2D eigenvalue weighted by atomic mass is 10.3. The van der Waals surface area contributed by atoms with Crippen molar-refractivity contribution in [3.05, 3.63) is 15.6 Å². The molecule has 0 aromatic carbocycles. The van der Waals surface area contributed by atoms with E-state index in [9.17, 15) is 13.2 Å². The van der Waals surface area contributed by atoms with Crippen LogP contribution in [-0.4, -0.2) is 36.1 Å². The van der Waals surface area contributed by atoms with E-state index in [0.29, 0.717) is 18.0 Å². The summed E-state index contributed by atoms with van der Waals surface area (Å²) in [5.74, 6) is 0. The van der Waals surface area contributed by atoms with Crippen molar-refractivity contribution in [3.8, 4) is 0 Å². The Morgan fingerprint density at radius 3 is 2.35 bits per heavy atom. The summed E-state index contributed by atoms with van der Waals surface area (Å²) >= 11 is 1.17. The van der Waals surface area contributed by atoms with E-state index in [4.69, 9.17) is 0 Å². The molecule has 1 rings (SSSR count). The molecule has 0 spiro atoms. The van der Waals surface area contributed by atoms with Crippen LogP contribution < -0.4 is 5.32 Å². The average Bonchev–Trinajstić information content (AvgIpc) is 2.81. The van der Waals surface area contributed by atoms with Crippen molar-refractivity contribution >= 4 is 11.3 Å². The number of aromatic nitrogens is 1. The predicted molar refractivity (Wildman–Crippen MR) is 76.0 cm³/mol. The van der Waals surface area contributed by atoms with Crippen molar-refractivity contribution in [2.24, 2.45) is 0 Å². The number of alkyl halides is 3. The molecule has 20 heavy (non-hydrogen) atoms. The van der Waals surface area contributed by atoms with Crippen molar-refractivity contribution < 1.29 is 13.2 Å². The Kier molecular flexibility index (Phi) is 6.91. The van der Waals surface area contributed by atoms with Gasteiger partial charge in [0.25, 0.3) is 0 Å². The molecule has 0 saturated carbocycles. The van der Waals surface area contributed by atoms with Gasteiger partial charge in [-0.15, -0.1) is 11.3 Å². The van der Waals surface area contributed by atoms with Gasteiger partial charge in [-0.3, -0.25) is 0 Å². The minimum atomic E-state index is -4.37. The van der Waals surface area contributed by atoms with E-state index >= 15 is 0 Å². The van der Waals surface area contributed by atoms with E-state index in [-0.39, 0.29) is 11.4 Å². The molecule has 1 aromatic heterocycles. The summed E-state index contributed by atoms with van der Waals surface area (Å²) in [6.45, 7) is 9.38. The Morgan fingerprint density at radius 1 is 1.20 bits per heavy atom. The van der Waals surface area contributed by atoms with Crippen molar-refractivity contribution in [2.75, 3.05) is 26.2 Å². The number of halogens is 3. The molecular formula is C13H22F3N3S. The number of nitrogens with zero attached hydrogens (tertiary/aromatic N) is 2. The summed E-state index contributed by atoms with van der Waals surface area (Å²) in [6.07, 6.45) is -3.80. The van der Waals surface area contributed by atoms with Gasteiger partial charge in [-0.25, -0.2) is 4.98 Å². The molecule has 0 aliphatic carbocycles. The average molecular weight is 309 g/mol. The van der Waals surface area contributed by atoms with Crippen LogP contribution in [0.2, 0.25) is 0 Å². The van der Waals surface area contributed by atoms with Gasteiger partial charge in [-0.05, 0) is 19.6 Å². The Labute approximate surface area is 122 Å². The highest BCUT2D eigenvalue weighted by atomic mass is 32.1. The molecule has 1 N–H and O–H groups in total. The van der Waals surface area contributed by atoms with Gasteiger partial charge in [-0.2, -0.15) is 13.2 Å². The number of hydrogen-bond acceptors (Lipinski definition) is 4. The fourth-order valence-electron chi connectivity index (χ4n) is 1.88. The SMILES string of the molecule is CCNCc1sc(CCN(CC)CC)nc1C(F)(F)F. The maximum atomic E-state index is 12.9. The van der Waals surface area contributed by atoms with Crippen LogP contribution in [0.25, 0.3) is 0 Å². The molecule has 0 atom stereocenters. The molecular weight excluding hydrogens is 287 g/mol. The van der Waals surface area contributed by atoms with Crippen LogP contribution in [0, 0.1) is 0 Å². The lowest BCUT2D eigenvalue weighted by Gasteiger charge is -2.16. The lowest BCUT2D eigenvalue weighted by molar-refractivity contribution is -0.141. The monoisotopic (exact) mass is 309 g/mol. The van der Waals surface area contributed by atoms with Crippen molar-refractivity contribution in [3.63, 3.8) is 0 Å². The molecule has 0 aliphatic rings. The van der Waals surface area contributed by atoms with Crippen LogP contribution in [0.15, 0.2) is 0 Å². The normalized spacial score (nSPS) is 12.3. The van der Waals surface area contributed by atoms with Crippen molar-refractivity contribution in [1.29, 1.82) is 0 Å². The minimum Gasteiger partial charge on any atom is -0.312 e. The van der Waals surface area contributed by atoms with Crippen LogP contribution >= 0.6 is 11.3 Å². The Morgan fingerprint density at radius 2 is 1.85 bits per heavy atom. The third-order valence-electron chi connectivity index (χ3n) is 3.08. The summed E-state index contributed by atoms with van der Waals surface area (Å²) in [5, 5.41) is 3.50. The standard InChI is InChI=1S/C13H22F3N3S/c1-4-17-9-10-12(13(14,15)16)18-11(20-10)7-8-19(5-2)6-3/h17H,4-9H2,1-3H3. The number of nitrogens with one attached hydrogen (secondary N) is 1. The first-order valence-electron chi connectivity index (χ1n) is 6.91. The van der Waals surface area contributed by atoms with Gasteiger partial charge in [0.05, 0.1) is 9.88 Å². The molecule has 0 unspecified atom stereocenters. The highest BCUT2D eigenvalue weighted by Crippen LogP contribution is 2.34. The number of rotatable bonds is 8. The fraction of sp³-hybridized carbons (Fsp3) is 0.769. The second kappa shape index (κ2) is 7.95. The molecule has 0 radical (unpaired) electrons. The number of thiazole rings is 1. The van der Waals surface area contributed by atoms with E-state index < -0.39 is 11.9 Å². The third-order valence-corrected chi connectivity index (χ3v) is 4.20. The van der Waals surface area contributed by atoms with Gasteiger partial charge in [0, 0.05) is 19.5 Å². The number of hydrogen-bond donors (Lipinski definition) is 1. The molecule has 1 heterocycles. The van der Waals surface area contributed by atoms with E-state index in [1.54, 1.807) is 0 Å². The predicted octanol–water partition coefficient (Wildman–Crippen LogP) is 3.16. The summed E-state index contributed by atoms with van der Waals surface area (Å²) in [5.41, 5.74) is -0.724. The van der Waals surface area contributed by atoms with Crippen molar-refractivity contribution in [2.45, 2.75) is 39.9 Å². The molecule has 1 aromatic rings. The van der Waals surface area contributed by atoms with Crippen LogP contribution in [0.5, 0.6) is 0 Å². The van der Waals surface area contributed by atoms with Crippen LogP contribution in [0.3, 0.4) is 0 Å². The van der Waals surface area contributed by atoms with E-state index in [1.807, 2.05) is 20.8 Å². The topological polar surface area (TPSA) is 28.2 Å². The summed E-state index contributed by atoms with van der Waals surface area (Å²) < 4.78 is 38.8. The zero-order valence-electron chi connectivity index (χ0n) is 12.2. The zero-order valence-corrected chi connectivity index (χ0v) is 13.0. The maximum absolute atomic E-state index is 12.9. The Hall–Kier alpha value is -0.660. The quantitative estimate of drug-likeness (QED) is 0.799. The summed E-state index contributed by atoms with van der Waals surface area (Å²) in [4.78, 5) is 6.27. The number of likely N-dealkylation sites (N-methyl/N-ethyl adjacent to an activating group) is 1. The van der Waals surface area contributed by atoms with Gasteiger partial charge in [-0.1, -0.05) is 20.8 Å². The molecule has 0 bridgehead atoms. The molecule has 0 amide bonds. The molecule has 7 heteroatoms. The summed E-state index contributed by atoms with van der Waals surface area (Å²) in [6, 6.07) is 0. The van der Waals surface area contributed by atoms with Crippen LogP contribution in [0.4, 0.5) is 13.2 Å². The highest BCUT2D eigenvalue weighted by molar-refractivity contribution is 7.11. The second-order valence-corrected chi connectivity index (χ2v) is 5.60.